The van der Waals surface area contributed by atoms with E-state index in [4.69, 9.17) is 10.5 Å². The maximum Gasteiger partial charge on any atom is 0.232 e. The number of hydrogen-bond donors (Lipinski definition) is 3. The number of alkyl halides is 1. The van der Waals surface area contributed by atoms with Gasteiger partial charge in [-0.2, -0.15) is 0 Å². The summed E-state index contributed by atoms with van der Waals surface area (Å²) >= 11 is 3.22. The van der Waals surface area contributed by atoms with E-state index in [9.17, 15) is 14.4 Å². The fourth-order valence-corrected chi connectivity index (χ4v) is 4.37. The summed E-state index contributed by atoms with van der Waals surface area (Å²) in [6, 6.07) is 15.0. The zero-order valence-corrected chi connectivity index (χ0v) is 20.2. The molecule has 0 aliphatic heterocycles. The van der Waals surface area contributed by atoms with E-state index in [1.807, 2.05) is 48.7 Å². The average Bonchev–Trinajstić information content (AvgIpc) is 3.23. The summed E-state index contributed by atoms with van der Waals surface area (Å²) in [5.41, 5.74) is 8.97. The Kier molecular flexibility index (Phi) is 8.41. The molecular formula is C25H28BrN3O4. The molecule has 3 atom stereocenters. The van der Waals surface area contributed by atoms with Crippen LogP contribution in [0.4, 0.5) is 0 Å². The van der Waals surface area contributed by atoms with Crippen molar-refractivity contribution in [3.63, 3.8) is 0 Å². The number of nitrogens with two attached hydrogens (primary N) is 1. The molecular weight excluding hydrogens is 486 g/mol. The third kappa shape index (κ3) is 5.89. The Morgan fingerprint density at radius 3 is 2.45 bits per heavy atom. The van der Waals surface area contributed by atoms with Crippen molar-refractivity contribution in [2.45, 2.75) is 25.9 Å². The Morgan fingerprint density at radius 1 is 1.06 bits per heavy atom. The second kappa shape index (κ2) is 11.2. The van der Waals surface area contributed by atoms with Crippen molar-refractivity contribution in [2.75, 3.05) is 12.4 Å². The molecule has 174 valence electrons. The molecule has 0 aliphatic rings. The van der Waals surface area contributed by atoms with Gasteiger partial charge in [0.15, 0.2) is 0 Å². The molecule has 4 N–H and O–H groups in total. The first kappa shape index (κ1) is 24.7. The van der Waals surface area contributed by atoms with Gasteiger partial charge in [0.25, 0.3) is 0 Å². The Hall–Kier alpha value is -2.97. The summed E-state index contributed by atoms with van der Waals surface area (Å²) in [6.07, 6.45) is 1.44. The van der Waals surface area contributed by atoms with Crippen molar-refractivity contribution >= 4 is 44.3 Å². The van der Waals surface area contributed by atoms with Crippen molar-refractivity contribution in [3.05, 3.63) is 65.9 Å². The molecule has 0 bridgehead atoms. The monoisotopic (exact) mass is 513 g/mol. The largest absolute Gasteiger partial charge is 0.496 e. The number of rotatable bonds is 11. The highest BCUT2D eigenvalue weighted by Crippen LogP contribution is 2.24. The van der Waals surface area contributed by atoms with Gasteiger partial charge in [0.05, 0.1) is 24.5 Å². The van der Waals surface area contributed by atoms with Gasteiger partial charge in [-0.05, 0) is 43.0 Å². The van der Waals surface area contributed by atoms with Gasteiger partial charge < -0.3 is 20.8 Å². The number of para-hydroxylation sites is 2. The van der Waals surface area contributed by atoms with Gasteiger partial charge in [0, 0.05) is 17.1 Å². The topological polar surface area (TPSA) is 114 Å². The summed E-state index contributed by atoms with van der Waals surface area (Å²) in [7, 11) is 1.54. The minimum Gasteiger partial charge on any atom is -0.496 e. The molecule has 3 rings (SSSR count). The lowest BCUT2D eigenvalue weighted by Crippen LogP contribution is -2.53. The molecule has 3 aromatic rings. The van der Waals surface area contributed by atoms with Crippen molar-refractivity contribution in [3.8, 4) is 5.75 Å². The molecule has 0 aliphatic carbocycles. The number of carbonyl (C=O) groups excluding carboxylic acids is 3. The quantitative estimate of drug-likeness (QED) is 0.207. The molecule has 0 fully saturated rings. The zero-order valence-electron chi connectivity index (χ0n) is 18.6. The van der Waals surface area contributed by atoms with E-state index in [1.165, 1.54) is 6.92 Å². The Labute approximate surface area is 201 Å². The van der Waals surface area contributed by atoms with Gasteiger partial charge in [-0.3, -0.25) is 14.4 Å². The van der Waals surface area contributed by atoms with Gasteiger partial charge in [-0.15, -0.1) is 0 Å². The van der Waals surface area contributed by atoms with Gasteiger partial charge >= 0.3 is 0 Å². The van der Waals surface area contributed by atoms with Gasteiger partial charge in [0.2, 0.25) is 5.91 Å². The number of hydrogen-bond acceptors (Lipinski definition) is 5. The molecule has 3 unspecified atom stereocenters. The number of Topliss-reactive ketones (excluding diaryl/α,β-unsaturated/α-hetero) is 2. The van der Waals surface area contributed by atoms with Gasteiger partial charge in [-0.25, -0.2) is 0 Å². The van der Waals surface area contributed by atoms with E-state index < -0.39 is 23.9 Å². The van der Waals surface area contributed by atoms with Crippen LogP contribution in [0.15, 0.2) is 54.7 Å². The van der Waals surface area contributed by atoms with E-state index in [1.54, 1.807) is 13.2 Å². The number of fused-ring (bicyclic) bond motifs is 1. The number of aromatic nitrogens is 1. The Balaban J connectivity index is 1.78. The van der Waals surface area contributed by atoms with E-state index >= 15 is 0 Å². The standard InChI is InChI=1S/C25H28BrN3O4/c1-15(30)19(11-16-7-3-6-10-23(16)33-2)25(32)29-24(27)20(22(31)13-26)12-17-14-28-21-9-5-4-8-18(17)21/h3-10,14,19-20,24,28H,11-13,27H2,1-2H3,(H,29,32). The number of aromatic amines is 1. The molecule has 0 spiro atoms. The van der Waals surface area contributed by atoms with Crippen LogP contribution in [0, 0.1) is 11.8 Å². The first-order valence-corrected chi connectivity index (χ1v) is 11.8. The highest BCUT2D eigenvalue weighted by Gasteiger charge is 2.31. The molecule has 8 heteroatoms. The number of H-pyrrole nitrogens is 1. The van der Waals surface area contributed by atoms with E-state index in [0.717, 1.165) is 22.0 Å². The minimum atomic E-state index is -0.948. The number of benzene rings is 2. The lowest BCUT2D eigenvalue weighted by molar-refractivity contribution is -0.133. The fraction of sp³-hybridized carbons (Fsp3) is 0.320. The number of methoxy groups -OCH3 is 1. The Morgan fingerprint density at radius 2 is 1.76 bits per heavy atom. The van der Waals surface area contributed by atoms with Crippen LogP contribution in [0.2, 0.25) is 0 Å². The number of ketones is 2. The number of halogens is 1. The summed E-state index contributed by atoms with van der Waals surface area (Å²) in [6.45, 7) is 1.37. The lowest BCUT2D eigenvalue weighted by Gasteiger charge is -2.25. The van der Waals surface area contributed by atoms with Crippen LogP contribution in [0.1, 0.15) is 18.1 Å². The van der Waals surface area contributed by atoms with Crippen LogP contribution >= 0.6 is 15.9 Å². The molecule has 1 aromatic heterocycles. The third-order valence-electron chi connectivity index (χ3n) is 5.83. The van der Waals surface area contributed by atoms with Crippen molar-refractivity contribution in [2.24, 2.45) is 17.6 Å². The first-order chi connectivity index (χ1) is 15.8. The normalized spacial score (nSPS) is 13.8. The highest BCUT2D eigenvalue weighted by molar-refractivity contribution is 9.09. The average molecular weight is 514 g/mol. The molecule has 7 nitrogen and oxygen atoms in total. The highest BCUT2D eigenvalue weighted by atomic mass is 79.9. The minimum absolute atomic E-state index is 0.112. The van der Waals surface area contributed by atoms with Crippen LogP contribution in [-0.2, 0) is 27.2 Å². The second-order valence-electron chi connectivity index (χ2n) is 7.98. The summed E-state index contributed by atoms with van der Waals surface area (Å²) in [5.74, 6) is -1.92. The van der Waals surface area contributed by atoms with Crippen molar-refractivity contribution in [1.29, 1.82) is 0 Å². The van der Waals surface area contributed by atoms with Crippen LogP contribution in [-0.4, -0.2) is 41.1 Å². The maximum absolute atomic E-state index is 13.0. The zero-order chi connectivity index (χ0) is 24.0. The van der Waals surface area contributed by atoms with E-state index in [0.29, 0.717) is 12.2 Å². The first-order valence-electron chi connectivity index (χ1n) is 10.7. The number of amides is 1. The van der Waals surface area contributed by atoms with Crippen molar-refractivity contribution in [1.82, 2.24) is 10.3 Å². The molecule has 0 saturated heterocycles. The second-order valence-corrected chi connectivity index (χ2v) is 8.54. The summed E-state index contributed by atoms with van der Waals surface area (Å²) < 4.78 is 5.34. The van der Waals surface area contributed by atoms with Crippen LogP contribution in [0.25, 0.3) is 10.9 Å². The van der Waals surface area contributed by atoms with E-state index in [-0.39, 0.29) is 23.3 Å². The van der Waals surface area contributed by atoms with Gasteiger partial charge in [0.1, 0.15) is 23.2 Å². The molecule has 0 saturated carbocycles. The Bertz CT molecular complexity index is 1140. The number of ether oxygens (including phenoxy) is 1. The van der Waals surface area contributed by atoms with Gasteiger partial charge in [-0.1, -0.05) is 52.3 Å². The predicted molar refractivity (Wildman–Crippen MR) is 131 cm³/mol. The summed E-state index contributed by atoms with van der Waals surface area (Å²) in [5, 5.41) is 3.83. The lowest BCUT2D eigenvalue weighted by atomic mass is 9.91. The van der Waals surface area contributed by atoms with Crippen LogP contribution in [0.3, 0.4) is 0 Å². The molecule has 1 heterocycles. The van der Waals surface area contributed by atoms with E-state index in [2.05, 4.69) is 26.2 Å². The fourth-order valence-electron chi connectivity index (χ4n) is 3.96. The smallest absolute Gasteiger partial charge is 0.232 e. The molecule has 33 heavy (non-hydrogen) atoms. The molecule has 0 radical (unpaired) electrons. The molecule has 2 aromatic carbocycles. The summed E-state index contributed by atoms with van der Waals surface area (Å²) in [4.78, 5) is 41.3. The number of nitrogens with one attached hydrogen (secondary N) is 2. The van der Waals surface area contributed by atoms with Crippen molar-refractivity contribution < 1.29 is 19.1 Å². The number of carbonyl (C=O) groups is 3. The molecule has 1 amide bonds. The third-order valence-corrected chi connectivity index (χ3v) is 6.38. The SMILES string of the molecule is COc1ccccc1CC(C(C)=O)C(=O)NC(N)C(Cc1c[nH]c2ccccc12)C(=O)CBr. The van der Waals surface area contributed by atoms with Crippen LogP contribution in [0.5, 0.6) is 5.75 Å². The maximum atomic E-state index is 13.0. The predicted octanol–water partition coefficient (Wildman–Crippen LogP) is 3.15. The van der Waals surface area contributed by atoms with Crippen LogP contribution < -0.4 is 15.8 Å².